The van der Waals surface area contributed by atoms with E-state index in [2.05, 4.69) is 15.6 Å². The maximum atomic E-state index is 11.8. The van der Waals surface area contributed by atoms with Crippen LogP contribution in [0.25, 0.3) is 0 Å². The number of aryl methyl sites for hydroxylation is 2. The van der Waals surface area contributed by atoms with Crippen molar-refractivity contribution >= 4 is 23.2 Å². The van der Waals surface area contributed by atoms with Crippen LogP contribution in [0.4, 0.5) is 0 Å². The molecule has 92 valence electrons. The second-order valence-electron chi connectivity index (χ2n) is 4.15. The third-order valence-corrected chi connectivity index (χ3v) is 3.60. The molecule has 5 nitrogen and oxygen atoms in total. The van der Waals surface area contributed by atoms with Crippen LogP contribution in [0.3, 0.4) is 0 Å². The molecule has 1 aliphatic heterocycles. The molecule has 1 unspecified atom stereocenters. The summed E-state index contributed by atoms with van der Waals surface area (Å²) in [6, 6.07) is 0.0616. The van der Waals surface area contributed by atoms with E-state index in [9.17, 15) is 9.59 Å². The van der Waals surface area contributed by atoms with Crippen LogP contribution < -0.4 is 10.6 Å². The highest BCUT2D eigenvalue weighted by Gasteiger charge is 2.22. The van der Waals surface area contributed by atoms with Crippen LogP contribution >= 0.6 is 11.3 Å². The lowest BCUT2D eigenvalue weighted by molar-refractivity contribution is -0.119. The predicted octanol–water partition coefficient (Wildman–Crippen LogP) is 0.768. The Labute approximate surface area is 104 Å². The van der Waals surface area contributed by atoms with E-state index in [1.165, 1.54) is 11.3 Å². The molecule has 1 aromatic heterocycles. The fourth-order valence-corrected chi connectivity index (χ4v) is 2.68. The molecule has 1 fully saturated rings. The molecule has 2 amide bonds. The first-order chi connectivity index (χ1) is 8.06. The van der Waals surface area contributed by atoms with Crippen molar-refractivity contribution in [1.82, 2.24) is 15.6 Å². The van der Waals surface area contributed by atoms with Crippen LogP contribution in [0.2, 0.25) is 0 Å². The number of rotatable bonds is 3. The number of amides is 2. The molecule has 17 heavy (non-hydrogen) atoms. The standard InChI is InChI=1S/C11H15N3O2S/c1-6-10(13-7(2)17-6)11(16)12-5-8-3-4-9(15)14-8/h8H,3-5H2,1-2H3,(H,12,16)(H,14,15). The van der Waals surface area contributed by atoms with E-state index in [4.69, 9.17) is 0 Å². The molecule has 2 N–H and O–H groups in total. The molecule has 0 spiro atoms. The Morgan fingerprint density at radius 1 is 1.59 bits per heavy atom. The normalized spacial score (nSPS) is 19.2. The molecule has 2 heterocycles. The Balaban J connectivity index is 1.89. The van der Waals surface area contributed by atoms with Crippen molar-refractivity contribution in [2.45, 2.75) is 32.7 Å². The first kappa shape index (κ1) is 12.0. The minimum absolute atomic E-state index is 0.0601. The summed E-state index contributed by atoms with van der Waals surface area (Å²) < 4.78 is 0. The summed E-state index contributed by atoms with van der Waals surface area (Å²) in [4.78, 5) is 27.9. The first-order valence-electron chi connectivity index (χ1n) is 5.58. The topological polar surface area (TPSA) is 71.1 Å². The van der Waals surface area contributed by atoms with E-state index in [1.807, 2.05) is 13.8 Å². The zero-order valence-corrected chi connectivity index (χ0v) is 10.7. The van der Waals surface area contributed by atoms with Crippen molar-refractivity contribution < 1.29 is 9.59 Å². The van der Waals surface area contributed by atoms with Crippen molar-refractivity contribution in [2.75, 3.05) is 6.54 Å². The fraction of sp³-hybridized carbons (Fsp3) is 0.545. The van der Waals surface area contributed by atoms with Gasteiger partial charge in [0.1, 0.15) is 5.69 Å². The summed E-state index contributed by atoms with van der Waals surface area (Å²) in [7, 11) is 0. The Kier molecular flexibility index (Phi) is 3.42. The second kappa shape index (κ2) is 4.83. The quantitative estimate of drug-likeness (QED) is 0.835. The number of thiazole rings is 1. The van der Waals surface area contributed by atoms with E-state index < -0.39 is 0 Å². The number of carbonyl (C=O) groups is 2. The van der Waals surface area contributed by atoms with Crippen molar-refractivity contribution in [3.05, 3.63) is 15.6 Å². The van der Waals surface area contributed by atoms with Gasteiger partial charge in [-0.25, -0.2) is 4.98 Å². The highest BCUT2D eigenvalue weighted by molar-refractivity contribution is 7.11. The molecule has 0 bridgehead atoms. The number of hydrogen-bond acceptors (Lipinski definition) is 4. The Morgan fingerprint density at radius 3 is 2.88 bits per heavy atom. The molecule has 1 aromatic rings. The molecule has 6 heteroatoms. The van der Waals surface area contributed by atoms with E-state index >= 15 is 0 Å². The van der Waals surface area contributed by atoms with Gasteiger partial charge in [0.25, 0.3) is 5.91 Å². The van der Waals surface area contributed by atoms with Crippen molar-refractivity contribution in [2.24, 2.45) is 0 Å². The summed E-state index contributed by atoms with van der Waals surface area (Å²) in [5, 5.41) is 6.51. The van der Waals surface area contributed by atoms with Crippen molar-refractivity contribution in [3.63, 3.8) is 0 Å². The third kappa shape index (κ3) is 2.82. The molecule has 0 saturated carbocycles. The molecule has 1 saturated heterocycles. The monoisotopic (exact) mass is 253 g/mol. The zero-order valence-electron chi connectivity index (χ0n) is 9.87. The molecule has 2 rings (SSSR count). The van der Waals surface area contributed by atoms with Gasteiger partial charge in [0.15, 0.2) is 0 Å². The minimum Gasteiger partial charge on any atom is -0.352 e. The zero-order chi connectivity index (χ0) is 12.4. The minimum atomic E-state index is -0.159. The van der Waals surface area contributed by atoms with Gasteiger partial charge < -0.3 is 10.6 Å². The molecule has 0 aliphatic carbocycles. The summed E-state index contributed by atoms with van der Waals surface area (Å²) in [6.45, 7) is 4.24. The van der Waals surface area contributed by atoms with Crippen molar-refractivity contribution in [3.8, 4) is 0 Å². The van der Waals surface area contributed by atoms with Gasteiger partial charge in [0.05, 0.1) is 5.01 Å². The number of hydrogen-bond donors (Lipinski definition) is 2. The van der Waals surface area contributed by atoms with Crippen LogP contribution in [-0.2, 0) is 4.79 Å². The van der Waals surface area contributed by atoms with Gasteiger partial charge in [0, 0.05) is 23.9 Å². The van der Waals surface area contributed by atoms with Crippen LogP contribution in [0.15, 0.2) is 0 Å². The van der Waals surface area contributed by atoms with Crippen molar-refractivity contribution in [1.29, 1.82) is 0 Å². The lowest BCUT2D eigenvalue weighted by atomic mass is 10.2. The molecule has 1 atom stereocenters. The average Bonchev–Trinajstić information content (AvgIpc) is 2.81. The molecule has 0 aromatic carbocycles. The lowest BCUT2D eigenvalue weighted by Gasteiger charge is -2.10. The van der Waals surface area contributed by atoms with Crippen LogP contribution in [0, 0.1) is 13.8 Å². The van der Waals surface area contributed by atoms with Gasteiger partial charge in [-0.1, -0.05) is 0 Å². The van der Waals surface area contributed by atoms with Crippen LogP contribution in [-0.4, -0.2) is 29.4 Å². The Bertz CT molecular complexity index is 456. The maximum Gasteiger partial charge on any atom is 0.271 e. The summed E-state index contributed by atoms with van der Waals surface area (Å²) in [5.74, 6) is -0.0991. The number of aromatic nitrogens is 1. The average molecular weight is 253 g/mol. The van der Waals surface area contributed by atoms with Crippen LogP contribution in [0.5, 0.6) is 0 Å². The van der Waals surface area contributed by atoms with Gasteiger partial charge >= 0.3 is 0 Å². The van der Waals surface area contributed by atoms with Gasteiger partial charge in [0.2, 0.25) is 5.91 Å². The number of nitrogens with one attached hydrogen (secondary N) is 2. The Hall–Kier alpha value is -1.43. The Morgan fingerprint density at radius 2 is 2.35 bits per heavy atom. The highest BCUT2D eigenvalue weighted by Crippen LogP contribution is 2.16. The van der Waals surface area contributed by atoms with E-state index in [0.29, 0.717) is 18.7 Å². The summed E-state index contributed by atoms with van der Waals surface area (Å²) in [6.07, 6.45) is 1.34. The summed E-state index contributed by atoms with van der Waals surface area (Å²) >= 11 is 1.51. The first-order valence-corrected chi connectivity index (χ1v) is 6.39. The van der Waals surface area contributed by atoms with Gasteiger partial charge in [-0.3, -0.25) is 9.59 Å². The molecule has 1 aliphatic rings. The molecular weight excluding hydrogens is 238 g/mol. The molecular formula is C11H15N3O2S. The predicted molar refractivity (Wildman–Crippen MR) is 65.1 cm³/mol. The fourth-order valence-electron chi connectivity index (χ4n) is 1.87. The smallest absolute Gasteiger partial charge is 0.271 e. The number of carbonyl (C=O) groups excluding carboxylic acids is 2. The van der Waals surface area contributed by atoms with E-state index in [1.54, 1.807) is 0 Å². The lowest BCUT2D eigenvalue weighted by Crippen LogP contribution is -2.38. The highest BCUT2D eigenvalue weighted by atomic mass is 32.1. The maximum absolute atomic E-state index is 11.8. The van der Waals surface area contributed by atoms with E-state index in [-0.39, 0.29) is 17.9 Å². The van der Waals surface area contributed by atoms with Gasteiger partial charge in [-0.05, 0) is 20.3 Å². The number of nitrogens with zero attached hydrogens (tertiary/aromatic N) is 1. The van der Waals surface area contributed by atoms with Crippen LogP contribution in [0.1, 0.15) is 33.2 Å². The van der Waals surface area contributed by atoms with Gasteiger partial charge in [-0.15, -0.1) is 11.3 Å². The molecule has 0 radical (unpaired) electrons. The summed E-state index contributed by atoms with van der Waals surface area (Å²) in [5.41, 5.74) is 0.497. The van der Waals surface area contributed by atoms with Gasteiger partial charge in [-0.2, -0.15) is 0 Å². The second-order valence-corrected chi connectivity index (χ2v) is 5.56. The van der Waals surface area contributed by atoms with E-state index in [0.717, 1.165) is 16.3 Å². The SMILES string of the molecule is Cc1nc(C(=O)NCC2CCC(=O)N2)c(C)s1. The largest absolute Gasteiger partial charge is 0.352 e. The third-order valence-electron chi connectivity index (χ3n) is 2.71.